The standard InChI is InChI=1S/C13H11N3/c1-9-13(16-8-15-9)6-10-7-14-12-5-3-2-4-11(10)12/h2-8H,1H3,(H,15,16). The number of aliphatic imine (C=N–C) groups is 1. The number of aromatic amines is 1. The third-order valence-corrected chi connectivity index (χ3v) is 2.72. The Balaban J connectivity index is 2.09. The molecule has 0 amide bonds. The lowest BCUT2D eigenvalue weighted by Gasteiger charge is -1.98. The van der Waals surface area contributed by atoms with Crippen LogP contribution in [0, 0.1) is 6.92 Å². The molecule has 3 nitrogen and oxygen atoms in total. The molecule has 1 aliphatic rings. The first-order valence-electron chi connectivity index (χ1n) is 5.20. The van der Waals surface area contributed by atoms with E-state index in [1.807, 2.05) is 31.3 Å². The van der Waals surface area contributed by atoms with E-state index in [9.17, 15) is 0 Å². The van der Waals surface area contributed by atoms with Crippen molar-refractivity contribution in [1.82, 2.24) is 9.97 Å². The summed E-state index contributed by atoms with van der Waals surface area (Å²) in [6.07, 6.45) is 5.65. The van der Waals surface area contributed by atoms with Gasteiger partial charge in [-0.05, 0) is 19.1 Å². The van der Waals surface area contributed by atoms with Crippen molar-refractivity contribution in [3.63, 3.8) is 0 Å². The largest absolute Gasteiger partial charge is 0.348 e. The number of nitrogens with one attached hydrogen (secondary N) is 1. The average Bonchev–Trinajstić information content (AvgIpc) is 2.88. The molecule has 0 saturated heterocycles. The van der Waals surface area contributed by atoms with Gasteiger partial charge in [0.05, 0.1) is 17.7 Å². The highest BCUT2D eigenvalue weighted by atomic mass is 14.9. The molecule has 1 aromatic heterocycles. The molecule has 1 N–H and O–H groups in total. The zero-order chi connectivity index (χ0) is 11.0. The summed E-state index contributed by atoms with van der Waals surface area (Å²) in [5, 5.41) is 0. The third-order valence-electron chi connectivity index (χ3n) is 2.72. The molecule has 1 aliphatic heterocycles. The van der Waals surface area contributed by atoms with Gasteiger partial charge in [-0.25, -0.2) is 4.98 Å². The molecule has 78 valence electrons. The maximum atomic E-state index is 4.36. The van der Waals surface area contributed by atoms with Crippen LogP contribution < -0.4 is 0 Å². The fourth-order valence-corrected chi connectivity index (χ4v) is 1.82. The van der Waals surface area contributed by atoms with Crippen LogP contribution in [0.2, 0.25) is 0 Å². The summed E-state index contributed by atoms with van der Waals surface area (Å²) in [6, 6.07) is 8.12. The second kappa shape index (κ2) is 3.45. The number of benzene rings is 1. The van der Waals surface area contributed by atoms with Crippen LogP contribution in [0.25, 0.3) is 11.6 Å². The van der Waals surface area contributed by atoms with Gasteiger partial charge in [0.15, 0.2) is 0 Å². The molecule has 0 spiro atoms. The highest BCUT2D eigenvalue weighted by molar-refractivity contribution is 6.21. The monoisotopic (exact) mass is 209 g/mol. The van der Waals surface area contributed by atoms with Crippen LogP contribution in [0.4, 0.5) is 5.69 Å². The molecule has 0 fully saturated rings. The van der Waals surface area contributed by atoms with Crippen molar-refractivity contribution >= 4 is 23.6 Å². The Bertz CT molecular complexity index is 591. The highest BCUT2D eigenvalue weighted by Crippen LogP contribution is 2.31. The predicted octanol–water partition coefficient (Wildman–Crippen LogP) is 2.97. The highest BCUT2D eigenvalue weighted by Gasteiger charge is 2.11. The van der Waals surface area contributed by atoms with Crippen molar-refractivity contribution in [3.05, 3.63) is 47.5 Å². The summed E-state index contributed by atoms with van der Waals surface area (Å²) in [5.41, 5.74) is 5.36. The normalized spacial score (nSPS) is 15.7. The SMILES string of the molecule is Cc1[nH]cnc1C=C1C=Nc2ccccc21. The van der Waals surface area contributed by atoms with Gasteiger partial charge in [-0.1, -0.05) is 18.2 Å². The number of nitrogens with zero attached hydrogens (tertiary/aromatic N) is 2. The van der Waals surface area contributed by atoms with E-state index in [1.54, 1.807) is 6.33 Å². The maximum Gasteiger partial charge on any atom is 0.0929 e. The van der Waals surface area contributed by atoms with Crippen LogP contribution in [-0.2, 0) is 0 Å². The van der Waals surface area contributed by atoms with Crippen LogP contribution in [-0.4, -0.2) is 16.2 Å². The Labute approximate surface area is 93.6 Å². The zero-order valence-electron chi connectivity index (χ0n) is 8.94. The molecule has 0 unspecified atom stereocenters. The van der Waals surface area contributed by atoms with Crippen molar-refractivity contribution in [2.75, 3.05) is 0 Å². The van der Waals surface area contributed by atoms with Crippen LogP contribution in [0.3, 0.4) is 0 Å². The Morgan fingerprint density at radius 2 is 2.12 bits per heavy atom. The fraction of sp³-hybridized carbons (Fsp3) is 0.0769. The number of hydrogen-bond donors (Lipinski definition) is 1. The number of para-hydroxylation sites is 1. The molecule has 3 rings (SSSR count). The van der Waals surface area contributed by atoms with E-state index < -0.39 is 0 Å². The molecular weight excluding hydrogens is 198 g/mol. The van der Waals surface area contributed by atoms with Gasteiger partial charge >= 0.3 is 0 Å². The number of imidazole rings is 1. The minimum absolute atomic E-state index is 0.971. The minimum atomic E-state index is 0.971. The van der Waals surface area contributed by atoms with Crippen molar-refractivity contribution in [2.45, 2.75) is 6.92 Å². The van der Waals surface area contributed by atoms with Gasteiger partial charge < -0.3 is 4.98 Å². The lowest BCUT2D eigenvalue weighted by Crippen LogP contribution is -1.82. The number of aryl methyl sites for hydroxylation is 1. The van der Waals surface area contributed by atoms with Crippen molar-refractivity contribution in [2.24, 2.45) is 4.99 Å². The lowest BCUT2D eigenvalue weighted by atomic mass is 10.1. The van der Waals surface area contributed by atoms with Crippen LogP contribution in [0.1, 0.15) is 17.0 Å². The third kappa shape index (κ3) is 1.37. The van der Waals surface area contributed by atoms with Crippen molar-refractivity contribution in [1.29, 1.82) is 0 Å². The minimum Gasteiger partial charge on any atom is -0.348 e. The quantitative estimate of drug-likeness (QED) is 0.770. The first kappa shape index (κ1) is 9.09. The van der Waals surface area contributed by atoms with E-state index in [0.29, 0.717) is 0 Å². The fourth-order valence-electron chi connectivity index (χ4n) is 1.82. The van der Waals surface area contributed by atoms with Gasteiger partial charge in [-0.15, -0.1) is 0 Å². The van der Waals surface area contributed by atoms with E-state index in [0.717, 1.165) is 22.6 Å². The van der Waals surface area contributed by atoms with E-state index >= 15 is 0 Å². The topological polar surface area (TPSA) is 41.0 Å². The number of fused-ring (bicyclic) bond motifs is 1. The first-order valence-corrected chi connectivity index (χ1v) is 5.20. The molecule has 3 heteroatoms. The molecule has 0 bridgehead atoms. The van der Waals surface area contributed by atoms with E-state index in [4.69, 9.17) is 0 Å². The molecule has 0 saturated carbocycles. The predicted molar refractivity (Wildman–Crippen MR) is 65.8 cm³/mol. The zero-order valence-corrected chi connectivity index (χ0v) is 8.94. The van der Waals surface area contributed by atoms with Gasteiger partial charge in [0.1, 0.15) is 0 Å². The molecule has 16 heavy (non-hydrogen) atoms. The molecule has 0 atom stereocenters. The molecule has 2 heterocycles. The van der Waals surface area contributed by atoms with Crippen LogP contribution in [0.5, 0.6) is 0 Å². The molecule has 0 radical (unpaired) electrons. The van der Waals surface area contributed by atoms with Gasteiger partial charge in [0.25, 0.3) is 0 Å². The van der Waals surface area contributed by atoms with Gasteiger partial charge in [-0.2, -0.15) is 0 Å². The maximum absolute atomic E-state index is 4.36. The van der Waals surface area contributed by atoms with Gasteiger partial charge in [0, 0.05) is 23.0 Å². The summed E-state index contributed by atoms with van der Waals surface area (Å²) in [4.78, 5) is 11.7. The van der Waals surface area contributed by atoms with Crippen LogP contribution >= 0.6 is 0 Å². The summed E-state index contributed by atoms with van der Waals surface area (Å²) >= 11 is 0. The Hall–Kier alpha value is -2.16. The Morgan fingerprint density at radius 3 is 2.94 bits per heavy atom. The van der Waals surface area contributed by atoms with E-state index in [1.165, 1.54) is 5.56 Å². The number of aromatic nitrogens is 2. The summed E-state index contributed by atoms with van der Waals surface area (Å²) in [5.74, 6) is 0. The number of H-pyrrole nitrogens is 1. The van der Waals surface area contributed by atoms with Crippen molar-refractivity contribution in [3.8, 4) is 0 Å². The second-order valence-electron chi connectivity index (χ2n) is 3.79. The molecule has 1 aromatic carbocycles. The Kier molecular flexibility index (Phi) is 1.96. The number of hydrogen-bond acceptors (Lipinski definition) is 2. The Morgan fingerprint density at radius 1 is 1.25 bits per heavy atom. The average molecular weight is 209 g/mol. The number of allylic oxidation sites excluding steroid dienone is 1. The summed E-state index contributed by atoms with van der Waals surface area (Å²) < 4.78 is 0. The summed E-state index contributed by atoms with van der Waals surface area (Å²) in [6.45, 7) is 2.01. The van der Waals surface area contributed by atoms with Gasteiger partial charge in [0.2, 0.25) is 0 Å². The second-order valence-corrected chi connectivity index (χ2v) is 3.79. The molecular formula is C13H11N3. The molecule has 0 aliphatic carbocycles. The summed E-state index contributed by atoms with van der Waals surface area (Å²) in [7, 11) is 0. The molecule has 2 aromatic rings. The lowest BCUT2D eigenvalue weighted by molar-refractivity contribution is 1.25. The van der Waals surface area contributed by atoms with Gasteiger partial charge in [-0.3, -0.25) is 4.99 Å². The van der Waals surface area contributed by atoms with Crippen LogP contribution in [0.15, 0.2) is 35.6 Å². The van der Waals surface area contributed by atoms with Crippen molar-refractivity contribution < 1.29 is 0 Å². The smallest absolute Gasteiger partial charge is 0.0929 e. The van der Waals surface area contributed by atoms with E-state index in [-0.39, 0.29) is 0 Å². The van der Waals surface area contributed by atoms with E-state index in [2.05, 4.69) is 27.1 Å². The number of rotatable bonds is 1. The first-order chi connectivity index (χ1) is 7.84.